The summed E-state index contributed by atoms with van der Waals surface area (Å²) < 4.78 is 5.33. The molecule has 0 radical (unpaired) electrons. The Morgan fingerprint density at radius 3 is 2.43 bits per heavy atom. The van der Waals surface area contributed by atoms with Gasteiger partial charge in [-0.2, -0.15) is 0 Å². The van der Waals surface area contributed by atoms with Gasteiger partial charge < -0.3 is 10.1 Å². The second kappa shape index (κ2) is 4.55. The molecule has 1 aliphatic rings. The van der Waals surface area contributed by atoms with Crippen LogP contribution in [0.25, 0.3) is 0 Å². The summed E-state index contributed by atoms with van der Waals surface area (Å²) in [5.41, 5.74) is -0.160. The van der Waals surface area contributed by atoms with Gasteiger partial charge in [-0.25, -0.2) is 0 Å². The van der Waals surface area contributed by atoms with Gasteiger partial charge in [-0.05, 0) is 26.2 Å². The first kappa shape index (κ1) is 11.2. The van der Waals surface area contributed by atoms with E-state index in [1.807, 2.05) is 0 Å². The molecule has 0 aromatic rings. The molecular formula is C10H17NO3. The number of ether oxygens (including phenoxy) is 1. The molecule has 0 bridgehead atoms. The second-order valence-electron chi connectivity index (χ2n) is 3.90. The maximum absolute atomic E-state index is 11.2. The molecule has 1 rings (SSSR count). The van der Waals surface area contributed by atoms with Gasteiger partial charge in [-0.3, -0.25) is 9.59 Å². The van der Waals surface area contributed by atoms with Gasteiger partial charge in [0.15, 0.2) is 0 Å². The Labute approximate surface area is 84.0 Å². The van der Waals surface area contributed by atoms with Crippen molar-refractivity contribution in [1.82, 2.24) is 5.32 Å². The Kier molecular flexibility index (Phi) is 3.63. The highest BCUT2D eigenvalue weighted by Gasteiger charge is 2.37. The third-order valence-corrected chi connectivity index (χ3v) is 2.72. The van der Waals surface area contributed by atoms with E-state index in [0.717, 1.165) is 19.3 Å². The highest BCUT2D eigenvalue weighted by Crippen LogP contribution is 2.34. The minimum atomic E-state index is -0.208. The van der Waals surface area contributed by atoms with Gasteiger partial charge in [-0.15, -0.1) is 0 Å². The molecule has 0 heterocycles. The second-order valence-corrected chi connectivity index (χ2v) is 3.90. The standard InChI is InChI=1S/C10H17NO3/c1-8(12)6-9(13)11-7-10(14-2)4-3-5-10/h3-7H2,1-2H3,(H,11,13). The molecule has 0 aromatic carbocycles. The van der Waals surface area contributed by atoms with Crippen LogP contribution >= 0.6 is 0 Å². The maximum atomic E-state index is 11.2. The van der Waals surface area contributed by atoms with Crippen molar-refractivity contribution in [3.63, 3.8) is 0 Å². The summed E-state index contributed by atoms with van der Waals surface area (Å²) in [5, 5.41) is 2.72. The van der Waals surface area contributed by atoms with Crippen molar-refractivity contribution in [1.29, 1.82) is 0 Å². The van der Waals surface area contributed by atoms with Gasteiger partial charge in [0.2, 0.25) is 5.91 Å². The third-order valence-electron chi connectivity index (χ3n) is 2.72. The Morgan fingerprint density at radius 2 is 2.07 bits per heavy atom. The van der Waals surface area contributed by atoms with Gasteiger partial charge in [0.05, 0.1) is 12.0 Å². The van der Waals surface area contributed by atoms with E-state index < -0.39 is 0 Å². The lowest BCUT2D eigenvalue weighted by molar-refractivity contribution is -0.129. The van der Waals surface area contributed by atoms with Crippen LogP contribution in [-0.2, 0) is 14.3 Å². The van der Waals surface area contributed by atoms with Gasteiger partial charge in [0, 0.05) is 13.7 Å². The average molecular weight is 199 g/mol. The quantitative estimate of drug-likeness (QED) is 0.661. The van der Waals surface area contributed by atoms with Crippen molar-refractivity contribution in [3.05, 3.63) is 0 Å². The van der Waals surface area contributed by atoms with Gasteiger partial charge in [0.1, 0.15) is 5.78 Å². The molecule has 1 amide bonds. The molecule has 1 N–H and O–H groups in total. The molecule has 80 valence electrons. The Morgan fingerprint density at radius 1 is 1.43 bits per heavy atom. The van der Waals surface area contributed by atoms with Crippen molar-refractivity contribution < 1.29 is 14.3 Å². The van der Waals surface area contributed by atoms with E-state index in [-0.39, 0.29) is 23.7 Å². The molecule has 4 nitrogen and oxygen atoms in total. The van der Waals surface area contributed by atoms with Crippen LogP contribution in [0.15, 0.2) is 0 Å². The zero-order chi connectivity index (χ0) is 10.6. The molecule has 0 atom stereocenters. The van der Waals surface area contributed by atoms with Crippen LogP contribution in [-0.4, -0.2) is 30.9 Å². The van der Waals surface area contributed by atoms with Crippen LogP contribution in [0.2, 0.25) is 0 Å². The maximum Gasteiger partial charge on any atom is 0.227 e. The number of Topliss-reactive ketones (excluding diaryl/α,β-unsaturated/α-hetero) is 1. The van der Waals surface area contributed by atoms with E-state index in [1.54, 1.807) is 7.11 Å². The summed E-state index contributed by atoms with van der Waals surface area (Å²) in [7, 11) is 1.66. The lowest BCUT2D eigenvalue weighted by Crippen LogP contribution is -2.49. The number of amides is 1. The predicted octanol–water partition coefficient (Wildman–Crippen LogP) is 0.651. The van der Waals surface area contributed by atoms with Crippen molar-refractivity contribution in [2.75, 3.05) is 13.7 Å². The molecule has 1 aliphatic carbocycles. The smallest absolute Gasteiger partial charge is 0.227 e. The van der Waals surface area contributed by atoms with E-state index >= 15 is 0 Å². The highest BCUT2D eigenvalue weighted by atomic mass is 16.5. The Balaban J connectivity index is 2.25. The van der Waals surface area contributed by atoms with Gasteiger partial charge in [-0.1, -0.05) is 0 Å². The molecule has 0 saturated heterocycles. The fraction of sp³-hybridized carbons (Fsp3) is 0.800. The van der Waals surface area contributed by atoms with Crippen molar-refractivity contribution >= 4 is 11.7 Å². The van der Waals surface area contributed by atoms with Crippen LogP contribution in [0.3, 0.4) is 0 Å². The highest BCUT2D eigenvalue weighted by molar-refractivity contribution is 5.96. The minimum absolute atomic E-state index is 0.0280. The van der Waals surface area contributed by atoms with Crippen LogP contribution in [0.4, 0.5) is 0 Å². The van der Waals surface area contributed by atoms with E-state index in [9.17, 15) is 9.59 Å². The number of hydrogen-bond donors (Lipinski definition) is 1. The molecule has 4 heteroatoms. The third kappa shape index (κ3) is 2.80. The SMILES string of the molecule is COC1(CNC(=O)CC(C)=O)CCC1. The number of carbonyl (C=O) groups excluding carboxylic acids is 2. The Bertz CT molecular complexity index is 228. The normalized spacial score (nSPS) is 18.4. The largest absolute Gasteiger partial charge is 0.376 e. The molecule has 14 heavy (non-hydrogen) atoms. The lowest BCUT2D eigenvalue weighted by atomic mass is 9.80. The minimum Gasteiger partial charge on any atom is -0.376 e. The van der Waals surface area contributed by atoms with Crippen molar-refractivity contribution in [3.8, 4) is 0 Å². The van der Waals surface area contributed by atoms with E-state index in [1.165, 1.54) is 6.92 Å². The fourth-order valence-electron chi connectivity index (χ4n) is 1.57. The molecular weight excluding hydrogens is 182 g/mol. The average Bonchev–Trinajstić information content (AvgIpc) is 2.01. The number of ketones is 1. The summed E-state index contributed by atoms with van der Waals surface area (Å²) in [6.07, 6.45) is 3.10. The molecule has 0 spiro atoms. The fourth-order valence-corrected chi connectivity index (χ4v) is 1.57. The first-order chi connectivity index (χ1) is 6.58. The molecule has 1 fully saturated rings. The molecule has 0 aromatic heterocycles. The van der Waals surface area contributed by atoms with E-state index in [4.69, 9.17) is 4.74 Å². The van der Waals surface area contributed by atoms with Crippen LogP contribution in [0.5, 0.6) is 0 Å². The molecule has 1 saturated carbocycles. The number of nitrogens with one attached hydrogen (secondary N) is 1. The summed E-state index contributed by atoms with van der Waals surface area (Å²) in [6, 6.07) is 0. The van der Waals surface area contributed by atoms with E-state index in [0.29, 0.717) is 6.54 Å². The summed E-state index contributed by atoms with van der Waals surface area (Å²) in [6.45, 7) is 1.94. The van der Waals surface area contributed by atoms with Crippen LogP contribution in [0.1, 0.15) is 32.6 Å². The number of carbonyl (C=O) groups is 2. The summed E-state index contributed by atoms with van der Waals surface area (Å²) in [5.74, 6) is -0.316. The zero-order valence-electron chi connectivity index (χ0n) is 8.76. The first-order valence-corrected chi connectivity index (χ1v) is 4.89. The molecule has 0 unspecified atom stereocenters. The number of methoxy groups -OCH3 is 1. The summed E-state index contributed by atoms with van der Waals surface area (Å²) in [4.78, 5) is 21.8. The first-order valence-electron chi connectivity index (χ1n) is 4.89. The zero-order valence-corrected chi connectivity index (χ0v) is 8.76. The monoisotopic (exact) mass is 199 g/mol. The van der Waals surface area contributed by atoms with Crippen LogP contribution in [0, 0.1) is 0 Å². The van der Waals surface area contributed by atoms with Crippen molar-refractivity contribution in [2.45, 2.75) is 38.2 Å². The van der Waals surface area contributed by atoms with Crippen LogP contribution < -0.4 is 5.32 Å². The van der Waals surface area contributed by atoms with E-state index in [2.05, 4.69) is 5.32 Å². The Hall–Kier alpha value is -0.900. The summed E-state index contributed by atoms with van der Waals surface area (Å²) >= 11 is 0. The van der Waals surface area contributed by atoms with Crippen molar-refractivity contribution in [2.24, 2.45) is 0 Å². The molecule has 0 aliphatic heterocycles. The topological polar surface area (TPSA) is 55.4 Å². The van der Waals surface area contributed by atoms with Gasteiger partial charge >= 0.3 is 0 Å². The number of hydrogen-bond acceptors (Lipinski definition) is 3. The number of rotatable bonds is 5. The predicted molar refractivity (Wildman–Crippen MR) is 51.9 cm³/mol. The van der Waals surface area contributed by atoms with Gasteiger partial charge in [0.25, 0.3) is 0 Å². The lowest BCUT2D eigenvalue weighted by Gasteiger charge is -2.40.